The van der Waals surface area contributed by atoms with Gasteiger partial charge in [0.15, 0.2) is 0 Å². The van der Waals surface area contributed by atoms with Crippen molar-refractivity contribution in [1.29, 1.82) is 0 Å². The molecule has 8 nitrogen and oxygen atoms in total. The molecule has 2 aromatic rings. The number of ether oxygens (including phenoxy) is 1. The second-order valence-corrected chi connectivity index (χ2v) is 3.95. The molecule has 0 unspecified atom stereocenters. The van der Waals surface area contributed by atoms with Gasteiger partial charge in [0.25, 0.3) is 11.2 Å². The number of hydrogen-bond donors (Lipinski definition) is 1. The van der Waals surface area contributed by atoms with Crippen molar-refractivity contribution < 1.29 is 14.5 Å². The molecule has 0 aliphatic heterocycles. The van der Waals surface area contributed by atoms with E-state index in [-0.39, 0.29) is 29.9 Å². The smallest absolute Gasteiger partial charge is 0.312 e. The number of nitro benzene ring substituents is 1. The third-order valence-corrected chi connectivity index (χ3v) is 2.57. The number of esters is 1. The molecule has 0 atom stereocenters. The fraction of sp³-hybridized carbons (Fsp3) is 0.250. The Balaban J connectivity index is 2.43. The highest BCUT2D eigenvalue weighted by atomic mass is 16.6. The van der Waals surface area contributed by atoms with Gasteiger partial charge in [-0.05, 0) is 13.0 Å². The SMILES string of the molecule is CCOC(=O)Cc1nc2ccc([N+](=O)[O-])cc2[nH]c1=O. The van der Waals surface area contributed by atoms with E-state index in [2.05, 4.69) is 9.97 Å². The molecule has 0 saturated heterocycles. The molecule has 0 bridgehead atoms. The van der Waals surface area contributed by atoms with Crippen LogP contribution in [0.15, 0.2) is 23.0 Å². The first-order chi connectivity index (χ1) is 9.51. The highest BCUT2D eigenvalue weighted by Crippen LogP contribution is 2.16. The number of H-pyrrole nitrogens is 1. The third-order valence-electron chi connectivity index (χ3n) is 2.57. The lowest BCUT2D eigenvalue weighted by Crippen LogP contribution is -2.20. The van der Waals surface area contributed by atoms with E-state index in [0.717, 1.165) is 0 Å². The molecule has 1 aromatic carbocycles. The van der Waals surface area contributed by atoms with E-state index < -0.39 is 16.5 Å². The van der Waals surface area contributed by atoms with Crippen LogP contribution in [-0.4, -0.2) is 27.5 Å². The molecule has 2 rings (SSSR count). The highest BCUT2D eigenvalue weighted by Gasteiger charge is 2.13. The standard InChI is InChI=1S/C12H11N3O5/c1-2-20-11(16)6-10-12(17)14-9-5-7(15(18)19)3-4-8(9)13-10/h3-5H,2,6H2,1H3,(H,14,17). The van der Waals surface area contributed by atoms with Crippen LogP contribution in [-0.2, 0) is 16.0 Å². The number of benzene rings is 1. The minimum atomic E-state index is -0.565. The van der Waals surface area contributed by atoms with Crippen molar-refractivity contribution in [3.05, 3.63) is 44.4 Å². The predicted octanol–water partition coefficient (Wildman–Crippen LogP) is 0.937. The molecule has 104 valence electrons. The lowest BCUT2D eigenvalue weighted by Gasteiger charge is -2.03. The zero-order valence-corrected chi connectivity index (χ0v) is 10.6. The molecule has 1 heterocycles. The maximum absolute atomic E-state index is 11.8. The zero-order chi connectivity index (χ0) is 14.7. The average Bonchev–Trinajstić information content (AvgIpc) is 2.39. The van der Waals surface area contributed by atoms with Crippen LogP contribution >= 0.6 is 0 Å². The molecular formula is C12H11N3O5. The van der Waals surface area contributed by atoms with E-state index in [1.807, 2.05) is 0 Å². The van der Waals surface area contributed by atoms with Gasteiger partial charge in [-0.15, -0.1) is 0 Å². The van der Waals surface area contributed by atoms with Gasteiger partial charge >= 0.3 is 5.97 Å². The summed E-state index contributed by atoms with van der Waals surface area (Å²) in [6.07, 6.45) is -0.240. The number of carbonyl (C=O) groups excluding carboxylic acids is 1. The van der Waals surface area contributed by atoms with E-state index in [1.54, 1.807) is 6.92 Å². The van der Waals surface area contributed by atoms with Crippen LogP contribution in [0.5, 0.6) is 0 Å². The number of nitrogens with zero attached hydrogens (tertiary/aromatic N) is 2. The van der Waals surface area contributed by atoms with Gasteiger partial charge in [-0.1, -0.05) is 0 Å². The number of rotatable bonds is 4. The van der Waals surface area contributed by atoms with Gasteiger partial charge in [0, 0.05) is 12.1 Å². The molecule has 0 saturated carbocycles. The molecule has 1 N–H and O–H groups in total. The number of aromatic amines is 1. The number of hydrogen-bond acceptors (Lipinski definition) is 6. The summed E-state index contributed by atoms with van der Waals surface area (Å²) in [5.74, 6) is -0.549. The number of nitrogens with one attached hydrogen (secondary N) is 1. The average molecular weight is 277 g/mol. The van der Waals surface area contributed by atoms with Crippen LogP contribution in [0.25, 0.3) is 11.0 Å². The van der Waals surface area contributed by atoms with Gasteiger partial charge in [-0.2, -0.15) is 0 Å². The number of aromatic nitrogens is 2. The monoisotopic (exact) mass is 277 g/mol. The van der Waals surface area contributed by atoms with Crippen LogP contribution in [0.2, 0.25) is 0 Å². The Kier molecular flexibility index (Phi) is 3.74. The van der Waals surface area contributed by atoms with Crippen LogP contribution in [0.4, 0.5) is 5.69 Å². The Morgan fingerprint density at radius 1 is 1.50 bits per heavy atom. The number of non-ortho nitro benzene ring substituents is 1. The summed E-state index contributed by atoms with van der Waals surface area (Å²) in [6, 6.07) is 3.91. The van der Waals surface area contributed by atoms with Crippen molar-refractivity contribution in [2.45, 2.75) is 13.3 Å². The molecule has 1 aromatic heterocycles. The Morgan fingerprint density at radius 3 is 2.90 bits per heavy atom. The summed E-state index contributed by atoms with van der Waals surface area (Å²) >= 11 is 0. The summed E-state index contributed by atoms with van der Waals surface area (Å²) in [7, 11) is 0. The van der Waals surface area contributed by atoms with Gasteiger partial charge in [0.1, 0.15) is 5.69 Å². The fourth-order valence-electron chi connectivity index (χ4n) is 1.69. The van der Waals surface area contributed by atoms with Crippen molar-refractivity contribution in [3.8, 4) is 0 Å². The van der Waals surface area contributed by atoms with E-state index in [9.17, 15) is 19.7 Å². The Hall–Kier alpha value is -2.77. The van der Waals surface area contributed by atoms with Crippen molar-refractivity contribution in [2.75, 3.05) is 6.61 Å². The van der Waals surface area contributed by atoms with Gasteiger partial charge in [-0.25, -0.2) is 4.98 Å². The van der Waals surface area contributed by atoms with Crippen molar-refractivity contribution >= 4 is 22.7 Å². The van der Waals surface area contributed by atoms with Gasteiger partial charge < -0.3 is 9.72 Å². The van der Waals surface area contributed by atoms with E-state index >= 15 is 0 Å². The summed E-state index contributed by atoms with van der Waals surface area (Å²) in [5.41, 5.74) is -0.0738. The Morgan fingerprint density at radius 2 is 2.25 bits per heavy atom. The molecule has 0 aliphatic carbocycles. The topological polar surface area (TPSA) is 115 Å². The van der Waals surface area contributed by atoms with Gasteiger partial charge in [-0.3, -0.25) is 19.7 Å². The van der Waals surface area contributed by atoms with Crippen LogP contribution in [0.3, 0.4) is 0 Å². The second-order valence-electron chi connectivity index (χ2n) is 3.95. The predicted molar refractivity (Wildman–Crippen MR) is 69.4 cm³/mol. The lowest BCUT2D eigenvalue weighted by molar-refractivity contribution is -0.384. The number of nitro groups is 1. The van der Waals surface area contributed by atoms with Crippen LogP contribution in [0, 0.1) is 10.1 Å². The summed E-state index contributed by atoms with van der Waals surface area (Å²) in [4.78, 5) is 39.7. The maximum atomic E-state index is 11.8. The molecule has 0 radical (unpaired) electrons. The summed E-state index contributed by atoms with van der Waals surface area (Å²) < 4.78 is 4.74. The number of fused-ring (bicyclic) bond motifs is 1. The van der Waals surface area contributed by atoms with Crippen molar-refractivity contribution in [1.82, 2.24) is 9.97 Å². The van der Waals surface area contributed by atoms with Gasteiger partial charge in [0.05, 0.1) is 29.0 Å². The highest BCUT2D eigenvalue weighted by molar-refractivity contribution is 5.78. The summed E-state index contributed by atoms with van der Waals surface area (Å²) in [6.45, 7) is 1.88. The van der Waals surface area contributed by atoms with Crippen LogP contribution < -0.4 is 5.56 Å². The molecule has 0 fully saturated rings. The first kappa shape index (κ1) is 13.7. The van der Waals surface area contributed by atoms with Crippen molar-refractivity contribution in [3.63, 3.8) is 0 Å². The van der Waals surface area contributed by atoms with E-state index in [1.165, 1.54) is 18.2 Å². The minimum absolute atomic E-state index is 0.0183. The fourth-order valence-corrected chi connectivity index (χ4v) is 1.69. The molecule has 8 heteroatoms. The molecule has 0 amide bonds. The molecular weight excluding hydrogens is 266 g/mol. The maximum Gasteiger partial charge on any atom is 0.312 e. The summed E-state index contributed by atoms with van der Waals surface area (Å²) in [5, 5.41) is 10.6. The van der Waals surface area contributed by atoms with Crippen LogP contribution in [0.1, 0.15) is 12.6 Å². The quantitative estimate of drug-likeness (QED) is 0.505. The molecule has 20 heavy (non-hydrogen) atoms. The largest absolute Gasteiger partial charge is 0.466 e. The third kappa shape index (κ3) is 2.79. The lowest BCUT2D eigenvalue weighted by atomic mass is 10.2. The Bertz CT molecular complexity index is 737. The zero-order valence-electron chi connectivity index (χ0n) is 10.6. The first-order valence-electron chi connectivity index (χ1n) is 5.84. The molecule has 0 aliphatic rings. The molecule has 0 spiro atoms. The normalized spacial score (nSPS) is 10.4. The Labute approximate surface area is 112 Å². The van der Waals surface area contributed by atoms with E-state index in [4.69, 9.17) is 4.74 Å². The number of carbonyl (C=O) groups is 1. The van der Waals surface area contributed by atoms with E-state index in [0.29, 0.717) is 5.52 Å². The van der Waals surface area contributed by atoms with Gasteiger partial charge in [0.2, 0.25) is 0 Å². The van der Waals surface area contributed by atoms with Crippen molar-refractivity contribution in [2.24, 2.45) is 0 Å². The first-order valence-corrected chi connectivity index (χ1v) is 5.84. The minimum Gasteiger partial charge on any atom is -0.466 e. The second kappa shape index (κ2) is 5.47.